The number of para-hydroxylation sites is 1. The molecule has 2 atom stereocenters. The molecule has 2 aromatic rings. The Morgan fingerprint density at radius 2 is 1.83 bits per heavy atom. The maximum absolute atomic E-state index is 12.8. The Morgan fingerprint density at radius 1 is 1.13 bits per heavy atom. The summed E-state index contributed by atoms with van der Waals surface area (Å²) in [6.45, 7) is 4.75. The first-order chi connectivity index (χ1) is 11.1. The fourth-order valence-electron chi connectivity index (χ4n) is 3.09. The summed E-state index contributed by atoms with van der Waals surface area (Å²) in [6, 6.07) is 15.7. The molecule has 1 aliphatic heterocycles. The molecule has 120 valence electrons. The molecular formula is C19H21ClN2O. The maximum Gasteiger partial charge on any atom is 0.243 e. The lowest BCUT2D eigenvalue weighted by atomic mass is 10.1. The predicted octanol–water partition coefficient (Wildman–Crippen LogP) is 3.97. The van der Waals surface area contributed by atoms with Gasteiger partial charge in [0.15, 0.2) is 0 Å². The van der Waals surface area contributed by atoms with Gasteiger partial charge in [-0.25, -0.2) is 0 Å². The van der Waals surface area contributed by atoms with Gasteiger partial charge in [0, 0.05) is 23.3 Å². The van der Waals surface area contributed by atoms with Crippen molar-refractivity contribution < 1.29 is 4.79 Å². The molecule has 4 heteroatoms. The van der Waals surface area contributed by atoms with E-state index < -0.39 is 0 Å². The number of halogens is 1. The van der Waals surface area contributed by atoms with Crippen LogP contribution in [0.3, 0.4) is 0 Å². The van der Waals surface area contributed by atoms with Crippen LogP contribution in [-0.4, -0.2) is 18.5 Å². The van der Waals surface area contributed by atoms with Crippen molar-refractivity contribution in [2.75, 3.05) is 11.4 Å². The van der Waals surface area contributed by atoms with E-state index in [1.807, 2.05) is 54.3 Å². The van der Waals surface area contributed by atoms with E-state index in [9.17, 15) is 4.79 Å². The number of nitrogens with one attached hydrogen (secondary N) is 1. The van der Waals surface area contributed by atoms with Gasteiger partial charge in [-0.1, -0.05) is 41.9 Å². The van der Waals surface area contributed by atoms with E-state index in [1.54, 1.807) is 0 Å². The van der Waals surface area contributed by atoms with E-state index in [-0.39, 0.29) is 18.0 Å². The summed E-state index contributed by atoms with van der Waals surface area (Å²) in [5.41, 5.74) is 3.42. The lowest BCUT2D eigenvalue weighted by Gasteiger charge is -2.25. The summed E-state index contributed by atoms with van der Waals surface area (Å²) in [5.74, 6) is 0.121. The van der Waals surface area contributed by atoms with E-state index in [4.69, 9.17) is 11.6 Å². The van der Waals surface area contributed by atoms with Crippen molar-refractivity contribution in [1.82, 2.24) is 5.32 Å². The first-order valence-electron chi connectivity index (χ1n) is 7.97. The molecule has 0 saturated carbocycles. The van der Waals surface area contributed by atoms with Gasteiger partial charge in [0.1, 0.15) is 0 Å². The number of benzene rings is 2. The van der Waals surface area contributed by atoms with Crippen molar-refractivity contribution in [2.45, 2.75) is 32.4 Å². The molecule has 1 amide bonds. The Kier molecular flexibility index (Phi) is 4.69. The van der Waals surface area contributed by atoms with Crippen molar-refractivity contribution in [2.24, 2.45) is 0 Å². The van der Waals surface area contributed by atoms with E-state index in [2.05, 4.69) is 18.3 Å². The van der Waals surface area contributed by atoms with Gasteiger partial charge in [0.25, 0.3) is 0 Å². The Balaban J connectivity index is 1.67. The van der Waals surface area contributed by atoms with Crippen LogP contribution in [0.4, 0.5) is 5.69 Å². The van der Waals surface area contributed by atoms with E-state index in [1.165, 1.54) is 5.56 Å². The van der Waals surface area contributed by atoms with Gasteiger partial charge in [-0.15, -0.1) is 0 Å². The second-order valence-corrected chi connectivity index (χ2v) is 6.47. The summed E-state index contributed by atoms with van der Waals surface area (Å²) in [6.07, 6.45) is 0.932. The monoisotopic (exact) mass is 328 g/mol. The average molecular weight is 329 g/mol. The minimum absolute atomic E-state index is 0.0871. The standard InChI is InChI=1S/C19H21ClN2O/c1-13(15-7-9-17(20)10-8-15)21-14(2)19(23)22-12-11-16-5-3-4-6-18(16)22/h3-10,13-14,21H,11-12H2,1-2H3/t13-,14-/m1/s1. The SMILES string of the molecule is C[C@@H](N[C@H](C)c1ccc(Cl)cc1)C(=O)N1CCc2ccccc21. The molecule has 3 nitrogen and oxygen atoms in total. The predicted molar refractivity (Wildman–Crippen MR) is 95.0 cm³/mol. The number of fused-ring (bicyclic) bond motifs is 1. The third kappa shape index (κ3) is 3.41. The number of carbonyl (C=O) groups excluding carboxylic acids is 1. The summed E-state index contributed by atoms with van der Waals surface area (Å²) < 4.78 is 0. The van der Waals surface area contributed by atoms with Crippen LogP contribution in [0.15, 0.2) is 48.5 Å². The fourth-order valence-corrected chi connectivity index (χ4v) is 3.22. The van der Waals surface area contributed by atoms with Crippen LogP contribution in [0.1, 0.15) is 31.0 Å². The molecule has 0 aliphatic carbocycles. The highest BCUT2D eigenvalue weighted by molar-refractivity contribution is 6.30. The number of hydrogen-bond acceptors (Lipinski definition) is 2. The molecule has 0 radical (unpaired) electrons. The van der Waals surface area contributed by atoms with E-state index in [0.29, 0.717) is 0 Å². The first-order valence-corrected chi connectivity index (χ1v) is 8.35. The third-order valence-corrected chi connectivity index (χ3v) is 4.65. The van der Waals surface area contributed by atoms with Crippen molar-refractivity contribution in [1.29, 1.82) is 0 Å². The minimum Gasteiger partial charge on any atom is -0.310 e. The molecule has 1 N–H and O–H groups in total. The first kappa shape index (κ1) is 16.0. The average Bonchev–Trinajstić information content (AvgIpc) is 2.98. The van der Waals surface area contributed by atoms with Gasteiger partial charge >= 0.3 is 0 Å². The zero-order valence-corrected chi connectivity index (χ0v) is 14.2. The fraction of sp³-hybridized carbons (Fsp3) is 0.316. The molecule has 3 rings (SSSR count). The molecule has 0 aromatic heterocycles. The second-order valence-electron chi connectivity index (χ2n) is 6.03. The van der Waals surface area contributed by atoms with Gasteiger partial charge in [-0.3, -0.25) is 10.1 Å². The van der Waals surface area contributed by atoms with Crippen molar-refractivity contribution in [3.05, 3.63) is 64.7 Å². The topological polar surface area (TPSA) is 32.3 Å². The Morgan fingerprint density at radius 3 is 2.57 bits per heavy atom. The Hall–Kier alpha value is -1.84. The zero-order valence-electron chi connectivity index (χ0n) is 13.4. The summed E-state index contributed by atoms with van der Waals surface area (Å²) >= 11 is 5.93. The third-order valence-electron chi connectivity index (χ3n) is 4.39. The Labute approximate surface area is 142 Å². The number of amides is 1. The molecule has 1 aliphatic rings. The van der Waals surface area contributed by atoms with Crippen molar-refractivity contribution >= 4 is 23.2 Å². The van der Waals surface area contributed by atoms with Crippen LogP contribution in [0.2, 0.25) is 5.02 Å². The van der Waals surface area contributed by atoms with Crippen LogP contribution in [-0.2, 0) is 11.2 Å². The van der Waals surface area contributed by atoms with Gasteiger partial charge in [0.05, 0.1) is 6.04 Å². The second kappa shape index (κ2) is 6.73. The van der Waals surface area contributed by atoms with Gasteiger partial charge < -0.3 is 4.90 Å². The van der Waals surface area contributed by atoms with Gasteiger partial charge in [-0.05, 0) is 49.6 Å². The normalized spacial score (nSPS) is 16.0. The summed E-state index contributed by atoms with van der Waals surface area (Å²) in [4.78, 5) is 14.7. The molecule has 2 aromatic carbocycles. The van der Waals surface area contributed by atoms with Crippen LogP contribution in [0.25, 0.3) is 0 Å². The van der Waals surface area contributed by atoms with E-state index >= 15 is 0 Å². The van der Waals surface area contributed by atoms with Gasteiger partial charge in [0.2, 0.25) is 5.91 Å². The molecule has 0 bridgehead atoms. The summed E-state index contributed by atoms with van der Waals surface area (Å²) in [7, 11) is 0. The maximum atomic E-state index is 12.8. The highest BCUT2D eigenvalue weighted by atomic mass is 35.5. The lowest BCUT2D eigenvalue weighted by Crippen LogP contribution is -2.45. The molecule has 0 saturated heterocycles. The molecule has 0 fully saturated rings. The van der Waals surface area contributed by atoms with Crippen LogP contribution in [0.5, 0.6) is 0 Å². The van der Waals surface area contributed by atoms with Crippen molar-refractivity contribution in [3.63, 3.8) is 0 Å². The highest BCUT2D eigenvalue weighted by Crippen LogP contribution is 2.28. The molecular weight excluding hydrogens is 308 g/mol. The molecule has 1 heterocycles. The lowest BCUT2D eigenvalue weighted by molar-refractivity contribution is -0.120. The van der Waals surface area contributed by atoms with Crippen LogP contribution in [0, 0.1) is 0 Å². The van der Waals surface area contributed by atoms with Crippen molar-refractivity contribution in [3.8, 4) is 0 Å². The van der Waals surface area contributed by atoms with Crippen LogP contribution < -0.4 is 10.2 Å². The Bertz CT molecular complexity index is 699. The molecule has 0 unspecified atom stereocenters. The zero-order chi connectivity index (χ0) is 16.4. The van der Waals surface area contributed by atoms with Crippen LogP contribution >= 0.6 is 11.6 Å². The quantitative estimate of drug-likeness (QED) is 0.921. The number of nitrogens with zero attached hydrogens (tertiary/aromatic N) is 1. The summed E-state index contributed by atoms with van der Waals surface area (Å²) in [5, 5.41) is 4.11. The number of rotatable bonds is 4. The number of carbonyl (C=O) groups is 1. The van der Waals surface area contributed by atoms with E-state index in [0.717, 1.165) is 29.2 Å². The molecule has 0 spiro atoms. The highest BCUT2D eigenvalue weighted by Gasteiger charge is 2.28. The largest absolute Gasteiger partial charge is 0.310 e. The minimum atomic E-state index is -0.244. The number of anilines is 1. The smallest absolute Gasteiger partial charge is 0.243 e. The number of hydrogen-bond donors (Lipinski definition) is 1. The molecule has 23 heavy (non-hydrogen) atoms. The van der Waals surface area contributed by atoms with Gasteiger partial charge in [-0.2, -0.15) is 0 Å².